The van der Waals surface area contributed by atoms with Gasteiger partial charge in [-0.15, -0.1) is 0 Å². The molecule has 0 aromatic carbocycles. The molecule has 2 heteroatoms. The molecule has 0 atom stereocenters. The molecule has 0 aromatic heterocycles. The number of rotatable bonds is 3. The first-order valence-electron chi connectivity index (χ1n) is 2.49. The van der Waals surface area contributed by atoms with Crippen LogP contribution in [0.5, 0.6) is 0 Å². The zero-order valence-corrected chi connectivity index (χ0v) is 4.48. The molecule has 0 rings (SSSR count). The molecule has 0 amide bonds. The molecule has 0 aliphatic carbocycles. The summed E-state index contributed by atoms with van der Waals surface area (Å²) < 4.78 is 0. The van der Waals surface area contributed by atoms with Crippen molar-refractivity contribution in [1.29, 1.82) is 0 Å². The van der Waals surface area contributed by atoms with Crippen molar-refractivity contribution in [2.45, 2.75) is 26.2 Å². The molecule has 0 saturated carbocycles. The average molecular weight is 105 g/mol. The molecule has 42 valence electrons. The van der Waals surface area contributed by atoms with Gasteiger partial charge >= 0.3 is 5.97 Å². The van der Waals surface area contributed by atoms with Gasteiger partial charge in [0.25, 0.3) is 0 Å². The van der Waals surface area contributed by atoms with Gasteiger partial charge in [0.2, 0.25) is 0 Å². The van der Waals surface area contributed by atoms with Crippen molar-refractivity contribution in [3.63, 3.8) is 0 Å². The van der Waals surface area contributed by atoms with Crippen LogP contribution in [0.4, 0.5) is 0 Å². The van der Waals surface area contributed by atoms with E-state index in [1.54, 1.807) is 0 Å². The van der Waals surface area contributed by atoms with E-state index in [4.69, 9.17) is 5.11 Å². The van der Waals surface area contributed by atoms with E-state index in [0.29, 0.717) is 6.42 Å². The summed E-state index contributed by atoms with van der Waals surface area (Å²) in [5.74, 6) is -0.693. The third kappa shape index (κ3) is 5.47. The van der Waals surface area contributed by atoms with Gasteiger partial charge in [-0.2, -0.15) is 0 Å². The van der Waals surface area contributed by atoms with E-state index in [0.717, 1.165) is 12.8 Å². The molecule has 0 aromatic rings. The van der Waals surface area contributed by atoms with Gasteiger partial charge in [-0.05, 0) is 6.42 Å². The SMILES string of the molecule is [13CH3][13CH2][13CH2]CC(=O)O. The minimum Gasteiger partial charge on any atom is -0.481 e. The molecule has 0 radical (unpaired) electrons. The van der Waals surface area contributed by atoms with Crippen LogP contribution in [-0.2, 0) is 4.79 Å². The second-order valence-electron chi connectivity index (χ2n) is 1.50. The quantitative estimate of drug-likeness (QED) is 0.548. The maximum absolute atomic E-state index is 9.76. The molecule has 7 heavy (non-hydrogen) atoms. The molecule has 2 nitrogen and oxygen atoms in total. The number of carbonyl (C=O) groups is 1. The molecule has 0 heterocycles. The fourth-order valence-electron chi connectivity index (χ4n) is 0.328. The van der Waals surface area contributed by atoms with E-state index >= 15 is 0 Å². The zero-order valence-electron chi connectivity index (χ0n) is 4.48. The smallest absolute Gasteiger partial charge is 0.303 e. The lowest BCUT2D eigenvalue weighted by atomic mass is 10.6. The molecular weight excluding hydrogens is 95.0 g/mol. The lowest BCUT2D eigenvalue weighted by molar-refractivity contribution is -0.137. The molecule has 0 aliphatic rings. The summed E-state index contributed by atoms with van der Waals surface area (Å²) in [4.78, 5) is 9.76. The van der Waals surface area contributed by atoms with E-state index in [2.05, 4.69) is 0 Å². The number of unbranched alkanes of at least 4 members (excludes halogenated alkanes) is 1. The average Bonchev–Trinajstić information content (AvgIpc) is 1.61. The fourth-order valence-corrected chi connectivity index (χ4v) is 0.328. The van der Waals surface area contributed by atoms with Gasteiger partial charge in [0.05, 0.1) is 0 Å². The second kappa shape index (κ2) is 3.65. The first-order chi connectivity index (χ1) is 3.27. The van der Waals surface area contributed by atoms with E-state index in [1.807, 2.05) is 6.92 Å². The summed E-state index contributed by atoms with van der Waals surface area (Å²) in [6.07, 6.45) is 2.08. The third-order valence-corrected chi connectivity index (χ3v) is 0.744. The Morgan fingerprint density at radius 1 is 1.71 bits per heavy atom. The highest BCUT2D eigenvalue weighted by molar-refractivity contribution is 5.66. The van der Waals surface area contributed by atoms with Crippen LogP contribution in [0.3, 0.4) is 0 Å². The van der Waals surface area contributed by atoms with Crippen molar-refractivity contribution in [2.24, 2.45) is 0 Å². The van der Waals surface area contributed by atoms with Gasteiger partial charge in [0, 0.05) is 6.42 Å². The molecule has 0 aliphatic heterocycles. The lowest BCUT2D eigenvalue weighted by Crippen LogP contribution is -1.91. The van der Waals surface area contributed by atoms with Gasteiger partial charge in [-0.25, -0.2) is 0 Å². The van der Waals surface area contributed by atoms with Crippen molar-refractivity contribution in [2.75, 3.05) is 0 Å². The summed E-state index contributed by atoms with van der Waals surface area (Å²) in [6.45, 7) is 1.98. The lowest BCUT2D eigenvalue weighted by Gasteiger charge is -1.85. The Labute approximate surface area is 43.2 Å². The molecular formula is C5H10O2. The third-order valence-electron chi connectivity index (χ3n) is 0.744. The highest BCUT2D eigenvalue weighted by Crippen LogP contribution is 1.91. The Morgan fingerprint density at radius 3 is 2.43 bits per heavy atom. The summed E-state index contributed by atoms with van der Waals surface area (Å²) in [6, 6.07) is 0. The van der Waals surface area contributed by atoms with Crippen LogP contribution < -0.4 is 0 Å². The van der Waals surface area contributed by atoms with Crippen molar-refractivity contribution in [3.8, 4) is 0 Å². The number of carboxylic acids is 1. The Balaban J connectivity index is 2.82. The summed E-state index contributed by atoms with van der Waals surface area (Å²) >= 11 is 0. The maximum atomic E-state index is 9.76. The standard InChI is InChI=1S/C5H10O2/c1-2-3-4-5(6)7/h2-4H2,1H3,(H,6,7)/i1+1,2+1,3+1. The Morgan fingerprint density at radius 2 is 2.29 bits per heavy atom. The van der Waals surface area contributed by atoms with Crippen LogP contribution in [0, 0.1) is 0 Å². The van der Waals surface area contributed by atoms with E-state index in [1.165, 1.54) is 0 Å². The van der Waals surface area contributed by atoms with Crippen molar-refractivity contribution < 1.29 is 9.90 Å². The monoisotopic (exact) mass is 105 g/mol. The minimum absolute atomic E-state index is 0.316. The van der Waals surface area contributed by atoms with Crippen molar-refractivity contribution in [1.82, 2.24) is 0 Å². The number of aliphatic carboxylic acids is 1. The predicted octanol–water partition coefficient (Wildman–Crippen LogP) is 1.26. The zero-order chi connectivity index (χ0) is 5.70. The van der Waals surface area contributed by atoms with Crippen molar-refractivity contribution in [3.05, 3.63) is 0 Å². The summed E-state index contributed by atoms with van der Waals surface area (Å²) in [7, 11) is 0. The molecule has 0 bridgehead atoms. The normalized spacial score (nSPS) is 8.71. The van der Waals surface area contributed by atoms with E-state index < -0.39 is 5.97 Å². The molecule has 1 N–H and O–H groups in total. The van der Waals surface area contributed by atoms with Crippen LogP contribution >= 0.6 is 0 Å². The van der Waals surface area contributed by atoms with Gasteiger partial charge in [0.1, 0.15) is 0 Å². The maximum Gasteiger partial charge on any atom is 0.303 e. The number of hydrogen-bond acceptors (Lipinski definition) is 1. The van der Waals surface area contributed by atoms with Crippen LogP contribution in [0.25, 0.3) is 0 Å². The van der Waals surface area contributed by atoms with Crippen LogP contribution in [-0.4, -0.2) is 11.1 Å². The van der Waals surface area contributed by atoms with Gasteiger partial charge in [-0.3, -0.25) is 4.79 Å². The first kappa shape index (κ1) is 6.47. The van der Waals surface area contributed by atoms with Gasteiger partial charge in [0.15, 0.2) is 0 Å². The highest BCUT2D eigenvalue weighted by atomic mass is 16.4. The fraction of sp³-hybridized carbons (Fsp3) is 0.800. The van der Waals surface area contributed by atoms with Crippen LogP contribution in [0.1, 0.15) is 26.2 Å². The van der Waals surface area contributed by atoms with Crippen LogP contribution in [0.15, 0.2) is 0 Å². The van der Waals surface area contributed by atoms with Crippen molar-refractivity contribution >= 4 is 5.97 Å². The Hall–Kier alpha value is -0.530. The van der Waals surface area contributed by atoms with E-state index in [9.17, 15) is 4.79 Å². The summed E-state index contributed by atoms with van der Waals surface area (Å²) in [5, 5.41) is 8.04. The minimum atomic E-state index is -0.693. The second-order valence-corrected chi connectivity index (χ2v) is 1.50. The molecule has 0 fully saturated rings. The highest BCUT2D eigenvalue weighted by Gasteiger charge is 1.90. The van der Waals surface area contributed by atoms with E-state index in [-0.39, 0.29) is 0 Å². The van der Waals surface area contributed by atoms with Crippen LogP contribution in [0.2, 0.25) is 0 Å². The van der Waals surface area contributed by atoms with Gasteiger partial charge < -0.3 is 5.11 Å². The number of hydrogen-bond donors (Lipinski definition) is 1. The molecule has 0 unspecified atom stereocenters. The summed E-state index contributed by atoms with van der Waals surface area (Å²) in [5.41, 5.74) is 0. The molecule has 0 spiro atoms. The largest absolute Gasteiger partial charge is 0.481 e. The first-order valence-corrected chi connectivity index (χ1v) is 2.49. The predicted molar refractivity (Wildman–Crippen MR) is 27.2 cm³/mol. The van der Waals surface area contributed by atoms with Gasteiger partial charge in [-0.1, -0.05) is 13.3 Å². The molecule has 0 saturated heterocycles. The Bertz CT molecular complexity index is 59.1. The Kier molecular flexibility index (Phi) is 3.38. The number of carboxylic acid groups (broad SMARTS) is 1. The topological polar surface area (TPSA) is 37.3 Å².